The molecule has 0 unspecified atom stereocenters. The molecule has 0 aliphatic heterocycles. The lowest BCUT2D eigenvalue weighted by Gasteiger charge is -2.02. The van der Waals surface area contributed by atoms with Crippen molar-refractivity contribution in [2.75, 3.05) is 0 Å². The molecule has 0 atom stereocenters. The van der Waals surface area contributed by atoms with Gasteiger partial charge in [-0.15, -0.1) is 0 Å². The van der Waals surface area contributed by atoms with Gasteiger partial charge in [0.1, 0.15) is 7.05 Å². The number of aryl methyl sites for hydroxylation is 2. The van der Waals surface area contributed by atoms with E-state index in [1.807, 2.05) is 0 Å². The number of aromatic nitrogens is 1. The van der Waals surface area contributed by atoms with Gasteiger partial charge < -0.3 is 0 Å². The molecule has 2 aromatic rings. The fraction of sp³-hybridized carbons (Fsp3) is 0.308. The highest BCUT2D eigenvalue weighted by Gasteiger charge is 2.05. The average Bonchev–Trinajstić information content (AvgIpc) is 2.18. The van der Waals surface area contributed by atoms with Gasteiger partial charge in [0.2, 0.25) is 0 Å². The summed E-state index contributed by atoms with van der Waals surface area (Å²) in [5.41, 5.74) is 1.45. The number of nitrogens with zero attached hydrogens (tertiary/aromatic N) is 1. The third kappa shape index (κ3) is 1.63. The molecular formula is C13H16N+. The molecule has 0 fully saturated rings. The highest BCUT2D eigenvalue weighted by Crippen LogP contribution is 2.17. The van der Waals surface area contributed by atoms with Gasteiger partial charge in [0.25, 0.3) is 0 Å². The molecule has 14 heavy (non-hydrogen) atoms. The fourth-order valence-electron chi connectivity index (χ4n) is 1.94. The van der Waals surface area contributed by atoms with E-state index in [9.17, 15) is 0 Å². The lowest BCUT2D eigenvalue weighted by atomic mass is 10.0. The van der Waals surface area contributed by atoms with Crippen LogP contribution < -0.4 is 4.57 Å². The summed E-state index contributed by atoms with van der Waals surface area (Å²) in [4.78, 5) is 0. The van der Waals surface area contributed by atoms with E-state index in [4.69, 9.17) is 0 Å². The van der Waals surface area contributed by atoms with Gasteiger partial charge in [-0.05, 0) is 17.9 Å². The van der Waals surface area contributed by atoms with Crippen LogP contribution >= 0.6 is 0 Å². The maximum absolute atomic E-state index is 2.23. The second kappa shape index (κ2) is 3.79. The topological polar surface area (TPSA) is 3.88 Å². The molecule has 1 heterocycles. The van der Waals surface area contributed by atoms with E-state index in [1.54, 1.807) is 0 Å². The van der Waals surface area contributed by atoms with Crippen LogP contribution in [0.4, 0.5) is 0 Å². The van der Waals surface area contributed by atoms with Crippen LogP contribution in [0.5, 0.6) is 0 Å². The second-order valence-corrected chi connectivity index (χ2v) is 3.79. The van der Waals surface area contributed by atoms with E-state index in [0.717, 1.165) is 6.42 Å². The molecular weight excluding hydrogens is 170 g/mol. The van der Waals surface area contributed by atoms with Crippen molar-refractivity contribution in [3.63, 3.8) is 0 Å². The lowest BCUT2D eigenvalue weighted by Crippen LogP contribution is -2.27. The molecule has 0 saturated heterocycles. The van der Waals surface area contributed by atoms with Crippen molar-refractivity contribution in [3.05, 3.63) is 42.2 Å². The first-order valence-corrected chi connectivity index (χ1v) is 5.18. The number of rotatable bonds is 2. The van der Waals surface area contributed by atoms with Crippen LogP contribution in [0.15, 0.2) is 36.7 Å². The van der Waals surface area contributed by atoms with Crippen molar-refractivity contribution < 1.29 is 4.57 Å². The quantitative estimate of drug-likeness (QED) is 0.635. The van der Waals surface area contributed by atoms with E-state index >= 15 is 0 Å². The van der Waals surface area contributed by atoms with Crippen molar-refractivity contribution in [1.82, 2.24) is 0 Å². The molecule has 0 saturated carbocycles. The average molecular weight is 186 g/mol. The maximum Gasteiger partial charge on any atom is 0.176 e. The molecule has 0 N–H and O–H groups in total. The van der Waals surface area contributed by atoms with E-state index < -0.39 is 0 Å². The van der Waals surface area contributed by atoms with Crippen LogP contribution in [0.3, 0.4) is 0 Å². The van der Waals surface area contributed by atoms with Gasteiger partial charge in [0.15, 0.2) is 12.4 Å². The van der Waals surface area contributed by atoms with Crippen LogP contribution in [0.1, 0.15) is 18.9 Å². The molecule has 0 amide bonds. The number of benzene rings is 1. The maximum atomic E-state index is 2.23. The molecule has 1 aromatic carbocycles. The van der Waals surface area contributed by atoms with Gasteiger partial charge >= 0.3 is 0 Å². The Hall–Kier alpha value is -1.37. The molecule has 0 spiro atoms. The van der Waals surface area contributed by atoms with Crippen LogP contribution in [-0.2, 0) is 13.5 Å². The summed E-state index contributed by atoms with van der Waals surface area (Å²) in [6.07, 6.45) is 6.77. The highest BCUT2D eigenvalue weighted by atomic mass is 14.9. The van der Waals surface area contributed by atoms with Crippen LogP contribution in [0.25, 0.3) is 10.8 Å². The molecule has 1 aromatic heterocycles. The summed E-state index contributed by atoms with van der Waals surface area (Å²) < 4.78 is 2.15. The molecule has 0 radical (unpaired) electrons. The third-order valence-electron chi connectivity index (χ3n) is 2.53. The Balaban J connectivity index is 2.67. The summed E-state index contributed by atoms with van der Waals surface area (Å²) in [5, 5.41) is 2.73. The third-order valence-corrected chi connectivity index (χ3v) is 2.53. The number of hydrogen-bond acceptors (Lipinski definition) is 0. The Bertz CT molecular complexity index is 446. The summed E-state index contributed by atoms with van der Waals surface area (Å²) in [6, 6.07) is 8.59. The minimum Gasteiger partial charge on any atom is -0.207 e. The monoisotopic (exact) mass is 186 g/mol. The van der Waals surface area contributed by atoms with Crippen molar-refractivity contribution in [2.24, 2.45) is 7.05 Å². The Morgan fingerprint density at radius 1 is 1.14 bits per heavy atom. The Kier molecular flexibility index (Phi) is 2.49. The zero-order chi connectivity index (χ0) is 9.97. The summed E-state index contributed by atoms with van der Waals surface area (Å²) in [5.74, 6) is 0. The number of fused-ring (bicyclic) bond motifs is 1. The number of pyridine rings is 1. The highest BCUT2D eigenvalue weighted by molar-refractivity contribution is 5.83. The smallest absolute Gasteiger partial charge is 0.176 e. The van der Waals surface area contributed by atoms with Crippen molar-refractivity contribution in [2.45, 2.75) is 19.8 Å². The zero-order valence-corrected chi connectivity index (χ0v) is 8.83. The second-order valence-electron chi connectivity index (χ2n) is 3.79. The van der Waals surface area contributed by atoms with Crippen LogP contribution in [0.2, 0.25) is 0 Å². The fourth-order valence-corrected chi connectivity index (χ4v) is 1.94. The first kappa shape index (κ1) is 9.20. The molecule has 72 valence electrons. The standard InChI is InChI=1S/C13H16N/c1-3-6-11-9-14(2)10-12-7-4-5-8-13(11)12/h4-5,7-10H,3,6H2,1-2H3/q+1. The van der Waals surface area contributed by atoms with Gasteiger partial charge in [0, 0.05) is 10.9 Å². The summed E-state index contributed by atoms with van der Waals surface area (Å²) in [6.45, 7) is 2.22. The zero-order valence-electron chi connectivity index (χ0n) is 8.83. The molecule has 0 bridgehead atoms. The van der Waals surface area contributed by atoms with Gasteiger partial charge in [-0.2, -0.15) is 0 Å². The predicted molar refractivity (Wildman–Crippen MR) is 59.1 cm³/mol. The Labute approximate surface area is 85.0 Å². The van der Waals surface area contributed by atoms with Gasteiger partial charge in [-0.1, -0.05) is 31.5 Å². The van der Waals surface area contributed by atoms with E-state index in [2.05, 4.69) is 55.2 Å². The van der Waals surface area contributed by atoms with Crippen LogP contribution in [-0.4, -0.2) is 0 Å². The van der Waals surface area contributed by atoms with Gasteiger partial charge in [0.05, 0.1) is 0 Å². The van der Waals surface area contributed by atoms with Crippen molar-refractivity contribution in [1.29, 1.82) is 0 Å². The largest absolute Gasteiger partial charge is 0.207 e. The molecule has 0 aliphatic rings. The predicted octanol–water partition coefficient (Wildman–Crippen LogP) is 2.62. The van der Waals surface area contributed by atoms with Gasteiger partial charge in [-0.25, -0.2) is 4.57 Å². The summed E-state index contributed by atoms with van der Waals surface area (Å²) >= 11 is 0. The van der Waals surface area contributed by atoms with Crippen molar-refractivity contribution >= 4 is 10.8 Å². The Morgan fingerprint density at radius 2 is 1.93 bits per heavy atom. The van der Waals surface area contributed by atoms with Crippen molar-refractivity contribution in [3.8, 4) is 0 Å². The first-order chi connectivity index (χ1) is 6.81. The Morgan fingerprint density at radius 3 is 2.71 bits per heavy atom. The van der Waals surface area contributed by atoms with E-state index in [1.165, 1.54) is 22.8 Å². The van der Waals surface area contributed by atoms with E-state index in [0.29, 0.717) is 0 Å². The minimum atomic E-state index is 1.16. The molecule has 0 aliphatic carbocycles. The molecule has 2 rings (SSSR count). The number of hydrogen-bond donors (Lipinski definition) is 0. The van der Waals surface area contributed by atoms with Crippen LogP contribution in [0, 0.1) is 0 Å². The van der Waals surface area contributed by atoms with Gasteiger partial charge in [-0.3, -0.25) is 0 Å². The lowest BCUT2D eigenvalue weighted by molar-refractivity contribution is -0.670. The molecule has 1 heteroatoms. The normalized spacial score (nSPS) is 10.7. The summed E-state index contributed by atoms with van der Waals surface area (Å²) in [7, 11) is 2.09. The van der Waals surface area contributed by atoms with E-state index in [-0.39, 0.29) is 0 Å². The SMILES string of the molecule is CCCc1c[n+](C)cc2ccccc12. The first-order valence-electron chi connectivity index (χ1n) is 5.18. The molecule has 1 nitrogen and oxygen atoms in total. The minimum absolute atomic E-state index is 1.16.